The highest BCUT2D eigenvalue weighted by Crippen LogP contribution is 2.32. The van der Waals surface area contributed by atoms with Crippen molar-refractivity contribution in [2.75, 3.05) is 23.3 Å². The molecule has 5 rings (SSSR count). The molecule has 1 aromatic heterocycles. The Balaban J connectivity index is 1.41. The van der Waals surface area contributed by atoms with Gasteiger partial charge < -0.3 is 10.2 Å². The Morgan fingerprint density at radius 3 is 2.26 bits per heavy atom. The monoisotopic (exact) mass is 513 g/mol. The molecule has 1 aliphatic heterocycles. The molecule has 0 atom stereocenters. The molecule has 4 nitrogen and oxygen atoms in total. The van der Waals surface area contributed by atoms with Gasteiger partial charge in [-0.05, 0) is 65.9 Å². The number of halogens is 3. The number of fused-ring (bicyclic) bond motifs is 1. The van der Waals surface area contributed by atoms with Crippen molar-refractivity contribution >= 4 is 33.6 Å². The van der Waals surface area contributed by atoms with Gasteiger partial charge in [-0.25, -0.2) is 0 Å². The summed E-state index contributed by atoms with van der Waals surface area (Å²) < 4.78 is 39.4. The van der Waals surface area contributed by atoms with Gasteiger partial charge in [0.2, 0.25) is 5.91 Å². The molecule has 7 heteroatoms. The van der Waals surface area contributed by atoms with Gasteiger partial charge in [-0.15, -0.1) is 0 Å². The molecule has 3 aromatic carbocycles. The number of hydrogen-bond acceptors (Lipinski definition) is 3. The number of benzene rings is 3. The molecule has 0 bridgehead atoms. The number of nitrogens with one attached hydrogen (secondary N) is 1. The molecule has 1 saturated heterocycles. The minimum Gasteiger partial charge on any atom is -0.372 e. The average molecular weight is 514 g/mol. The van der Waals surface area contributed by atoms with Crippen LogP contribution in [0.15, 0.2) is 103 Å². The summed E-state index contributed by atoms with van der Waals surface area (Å²) in [4.78, 5) is 19.1. The van der Waals surface area contributed by atoms with E-state index in [2.05, 4.69) is 15.2 Å². The highest BCUT2D eigenvalue weighted by atomic mass is 19.4. The lowest BCUT2D eigenvalue weighted by atomic mass is 9.96. The average Bonchev–Trinajstić information content (AvgIpc) is 3.46. The molecule has 0 unspecified atom stereocenters. The third kappa shape index (κ3) is 5.78. The number of aromatic nitrogens is 1. The quantitative estimate of drug-likeness (QED) is 0.215. The zero-order chi connectivity index (χ0) is 26.5. The van der Waals surface area contributed by atoms with Crippen LogP contribution in [0.1, 0.15) is 29.5 Å². The van der Waals surface area contributed by atoms with Crippen molar-refractivity contribution in [3.63, 3.8) is 0 Å². The number of carbonyl (C=O) groups excluding carboxylic acids is 1. The highest BCUT2D eigenvalue weighted by Gasteiger charge is 2.30. The van der Waals surface area contributed by atoms with Gasteiger partial charge in [-0.3, -0.25) is 9.78 Å². The van der Waals surface area contributed by atoms with E-state index in [1.165, 1.54) is 31.1 Å². The van der Waals surface area contributed by atoms with Crippen LogP contribution in [0.4, 0.5) is 24.5 Å². The number of alkyl halides is 3. The zero-order valence-electron chi connectivity index (χ0n) is 20.6. The molecule has 192 valence electrons. The first kappa shape index (κ1) is 25.3. The lowest BCUT2D eigenvalue weighted by Gasteiger charge is -2.18. The van der Waals surface area contributed by atoms with E-state index in [1.807, 2.05) is 48.5 Å². The maximum Gasteiger partial charge on any atom is 0.416 e. The summed E-state index contributed by atoms with van der Waals surface area (Å²) in [6, 6.07) is 20.5. The van der Waals surface area contributed by atoms with E-state index in [1.54, 1.807) is 24.5 Å². The number of amides is 1. The standard InChI is InChI=1S/C31H26F3N3O/c32-31(33,34)25-13-9-22(10-14-25)27(23-11-15-26(16-12-23)37-19-1-2-20-37)6-4-8-30(38)36-29-7-3-5-24-21-35-18-17-28(24)29/h3-18,21H,1-2,19-20H2,(H,36,38)/b8-4+,27-6+. The summed E-state index contributed by atoms with van der Waals surface area (Å²) >= 11 is 0. The SMILES string of the molecule is O=C(/C=C/C=C(/c1ccc(N2CCCC2)cc1)c1ccc(C(F)(F)F)cc1)Nc1cccc2cnccc12. The third-order valence-corrected chi connectivity index (χ3v) is 6.62. The van der Waals surface area contributed by atoms with Crippen molar-refractivity contribution in [2.45, 2.75) is 19.0 Å². The van der Waals surface area contributed by atoms with Crippen LogP contribution in [-0.4, -0.2) is 24.0 Å². The Kier molecular flexibility index (Phi) is 7.26. The predicted molar refractivity (Wildman–Crippen MR) is 146 cm³/mol. The van der Waals surface area contributed by atoms with E-state index in [9.17, 15) is 18.0 Å². The van der Waals surface area contributed by atoms with E-state index in [0.29, 0.717) is 16.8 Å². The van der Waals surface area contributed by atoms with Gasteiger partial charge in [0.15, 0.2) is 0 Å². The Morgan fingerprint density at radius 1 is 0.895 bits per heavy atom. The lowest BCUT2D eigenvalue weighted by Crippen LogP contribution is -2.17. The zero-order valence-corrected chi connectivity index (χ0v) is 20.6. The Labute approximate surface area is 219 Å². The van der Waals surface area contributed by atoms with Gasteiger partial charge >= 0.3 is 6.18 Å². The second-order valence-electron chi connectivity index (χ2n) is 9.15. The van der Waals surface area contributed by atoms with Crippen LogP contribution >= 0.6 is 0 Å². The normalized spacial score (nSPS) is 14.4. The predicted octanol–water partition coefficient (Wildman–Crippen LogP) is 7.48. The van der Waals surface area contributed by atoms with Crippen LogP contribution < -0.4 is 10.2 Å². The van der Waals surface area contributed by atoms with Crippen molar-refractivity contribution in [1.29, 1.82) is 0 Å². The minimum atomic E-state index is -4.41. The van der Waals surface area contributed by atoms with Gasteiger partial charge in [0.1, 0.15) is 0 Å². The molecule has 1 fully saturated rings. The largest absolute Gasteiger partial charge is 0.416 e. The van der Waals surface area contributed by atoms with Gasteiger partial charge in [-0.2, -0.15) is 13.2 Å². The number of carbonyl (C=O) groups is 1. The number of anilines is 2. The molecule has 4 aromatic rings. The first-order chi connectivity index (χ1) is 18.4. The fourth-order valence-corrected chi connectivity index (χ4v) is 4.66. The van der Waals surface area contributed by atoms with Crippen LogP contribution in [-0.2, 0) is 11.0 Å². The first-order valence-corrected chi connectivity index (χ1v) is 12.4. The summed E-state index contributed by atoms with van der Waals surface area (Å²) in [5, 5.41) is 4.68. The number of rotatable bonds is 6. The second kappa shape index (κ2) is 10.9. The Hall–Kier alpha value is -4.39. The summed E-state index contributed by atoms with van der Waals surface area (Å²) in [6.07, 6.45) is 6.10. The van der Waals surface area contributed by atoms with Crippen molar-refractivity contribution in [1.82, 2.24) is 4.98 Å². The molecular formula is C31H26F3N3O. The molecule has 0 saturated carbocycles. The molecule has 38 heavy (non-hydrogen) atoms. The van der Waals surface area contributed by atoms with Gasteiger partial charge in [-0.1, -0.05) is 48.6 Å². The second-order valence-corrected chi connectivity index (χ2v) is 9.15. The number of hydrogen-bond donors (Lipinski definition) is 1. The third-order valence-electron chi connectivity index (χ3n) is 6.62. The number of nitrogens with zero attached hydrogens (tertiary/aromatic N) is 2. The van der Waals surface area contributed by atoms with Crippen LogP contribution in [0, 0.1) is 0 Å². The number of allylic oxidation sites excluding steroid dienone is 2. The Bertz CT molecular complexity index is 1480. The van der Waals surface area contributed by atoms with Gasteiger partial charge in [0, 0.05) is 53.7 Å². The maximum absolute atomic E-state index is 13.1. The molecule has 0 radical (unpaired) electrons. The van der Waals surface area contributed by atoms with E-state index in [0.717, 1.165) is 47.2 Å². The van der Waals surface area contributed by atoms with Gasteiger partial charge in [0.25, 0.3) is 0 Å². The number of pyridine rings is 1. The van der Waals surface area contributed by atoms with E-state index >= 15 is 0 Å². The van der Waals surface area contributed by atoms with Crippen molar-refractivity contribution in [2.24, 2.45) is 0 Å². The molecular weight excluding hydrogens is 487 g/mol. The fraction of sp³-hybridized carbons (Fsp3) is 0.161. The van der Waals surface area contributed by atoms with Crippen molar-refractivity contribution in [3.8, 4) is 0 Å². The summed E-state index contributed by atoms with van der Waals surface area (Å²) in [5.41, 5.74) is 3.28. The molecule has 1 N–H and O–H groups in total. The van der Waals surface area contributed by atoms with Crippen molar-refractivity contribution < 1.29 is 18.0 Å². The summed E-state index contributed by atoms with van der Waals surface area (Å²) in [7, 11) is 0. The van der Waals surface area contributed by atoms with E-state index in [4.69, 9.17) is 0 Å². The van der Waals surface area contributed by atoms with Crippen LogP contribution in [0.2, 0.25) is 0 Å². The Morgan fingerprint density at radius 2 is 1.58 bits per heavy atom. The van der Waals surface area contributed by atoms with Crippen LogP contribution in [0.3, 0.4) is 0 Å². The molecule has 2 heterocycles. The maximum atomic E-state index is 13.1. The lowest BCUT2D eigenvalue weighted by molar-refractivity contribution is -0.137. The van der Waals surface area contributed by atoms with E-state index < -0.39 is 11.7 Å². The highest BCUT2D eigenvalue weighted by molar-refractivity contribution is 6.06. The van der Waals surface area contributed by atoms with Gasteiger partial charge in [0.05, 0.1) is 5.56 Å². The summed E-state index contributed by atoms with van der Waals surface area (Å²) in [5.74, 6) is -0.318. The van der Waals surface area contributed by atoms with Crippen LogP contribution in [0.25, 0.3) is 16.3 Å². The molecule has 0 aliphatic carbocycles. The molecule has 1 aliphatic rings. The molecule has 0 spiro atoms. The molecule has 1 amide bonds. The van der Waals surface area contributed by atoms with E-state index in [-0.39, 0.29) is 5.91 Å². The first-order valence-electron chi connectivity index (χ1n) is 12.4. The smallest absolute Gasteiger partial charge is 0.372 e. The topological polar surface area (TPSA) is 45.2 Å². The van der Waals surface area contributed by atoms with Crippen LogP contribution in [0.5, 0.6) is 0 Å². The minimum absolute atomic E-state index is 0.318. The summed E-state index contributed by atoms with van der Waals surface area (Å²) in [6.45, 7) is 2.04. The fourth-order valence-electron chi connectivity index (χ4n) is 4.66. The van der Waals surface area contributed by atoms with Crippen molar-refractivity contribution in [3.05, 3.63) is 120 Å².